The summed E-state index contributed by atoms with van der Waals surface area (Å²) in [5.41, 5.74) is 2.63. The lowest BCUT2D eigenvalue weighted by Crippen LogP contribution is -2.29. The van der Waals surface area contributed by atoms with Crippen LogP contribution in [0.5, 0.6) is 0 Å². The Hall–Kier alpha value is -2.89. The number of carbonyl (C=O) groups is 2. The normalized spacial score (nSPS) is 18.1. The molecule has 1 fully saturated rings. The quantitative estimate of drug-likeness (QED) is 0.281. The van der Waals surface area contributed by atoms with Gasteiger partial charge in [0.1, 0.15) is 5.76 Å². The highest BCUT2D eigenvalue weighted by Gasteiger charge is 2.46. The monoisotopic (exact) mass is 481 g/mol. The number of halogens is 2. The van der Waals surface area contributed by atoms with E-state index in [9.17, 15) is 14.7 Å². The smallest absolute Gasteiger partial charge is 0.300 e. The van der Waals surface area contributed by atoms with Crippen LogP contribution in [0.25, 0.3) is 5.76 Å². The van der Waals surface area contributed by atoms with Crippen LogP contribution in [0.1, 0.15) is 22.7 Å². The third-order valence-electron chi connectivity index (χ3n) is 5.08. The molecular weight excluding hydrogens is 466 g/mol. The predicted octanol–water partition coefficient (Wildman–Crippen LogP) is 6.04. The number of aliphatic hydroxyl groups excluding tert-OH is 1. The van der Waals surface area contributed by atoms with E-state index in [1.165, 1.54) is 4.90 Å². The van der Waals surface area contributed by atoms with Crippen LogP contribution in [0, 0.1) is 6.92 Å². The number of anilines is 1. The first-order valence-electron chi connectivity index (χ1n) is 9.26. The second kappa shape index (κ2) is 8.09. The molecule has 0 saturated carbocycles. The molecule has 1 saturated heterocycles. The maximum Gasteiger partial charge on any atom is 0.300 e. The van der Waals surface area contributed by atoms with Crippen LogP contribution in [-0.4, -0.2) is 16.8 Å². The number of rotatable bonds is 3. The lowest BCUT2D eigenvalue weighted by Gasteiger charge is -2.25. The predicted molar refractivity (Wildman–Crippen MR) is 122 cm³/mol. The molecule has 150 valence electrons. The van der Waals surface area contributed by atoms with Crippen molar-refractivity contribution in [3.63, 3.8) is 0 Å². The first kappa shape index (κ1) is 20.4. The SMILES string of the molecule is Cc1cc(/C(O)=C2\C(=O)C(=O)N(c3cccc(Cl)c3)C2c2ccccc2)ccc1Br. The number of hydrogen-bond acceptors (Lipinski definition) is 3. The highest BCUT2D eigenvalue weighted by molar-refractivity contribution is 9.10. The summed E-state index contributed by atoms with van der Waals surface area (Å²) in [6.07, 6.45) is 0. The van der Waals surface area contributed by atoms with Crippen LogP contribution in [0.3, 0.4) is 0 Å². The van der Waals surface area contributed by atoms with Crippen LogP contribution < -0.4 is 4.90 Å². The van der Waals surface area contributed by atoms with Crippen LogP contribution in [0.2, 0.25) is 5.02 Å². The fraction of sp³-hybridized carbons (Fsp3) is 0.0833. The van der Waals surface area contributed by atoms with Gasteiger partial charge in [0, 0.05) is 20.7 Å². The van der Waals surface area contributed by atoms with E-state index < -0.39 is 17.7 Å². The average molecular weight is 483 g/mol. The number of Topliss-reactive ketones (excluding diaryl/α,β-unsaturated/α-hetero) is 1. The van der Waals surface area contributed by atoms with Crippen molar-refractivity contribution >= 4 is 50.7 Å². The van der Waals surface area contributed by atoms with Gasteiger partial charge in [0.15, 0.2) is 0 Å². The second-order valence-corrected chi connectivity index (χ2v) is 8.31. The fourth-order valence-electron chi connectivity index (χ4n) is 3.62. The van der Waals surface area contributed by atoms with Gasteiger partial charge in [-0.3, -0.25) is 14.5 Å². The molecule has 1 aliphatic heterocycles. The molecule has 30 heavy (non-hydrogen) atoms. The minimum atomic E-state index is -0.770. The number of amides is 1. The Morgan fingerprint density at radius 2 is 1.73 bits per heavy atom. The van der Waals surface area contributed by atoms with Gasteiger partial charge in [-0.1, -0.05) is 70.0 Å². The topological polar surface area (TPSA) is 57.6 Å². The van der Waals surface area contributed by atoms with Crippen LogP contribution in [-0.2, 0) is 9.59 Å². The van der Waals surface area contributed by atoms with Crippen molar-refractivity contribution < 1.29 is 14.7 Å². The Bertz CT molecular complexity index is 1190. The zero-order valence-electron chi connectivity index (χ0n) is 16.0. The third kappa shape index (κ3) is 3.55. The molecule has 0 aromatic heterocycles. The summed E-state index contributed by atoms with van der Waals surface area (Å²) in [7, 11) is 0. The number of hydrogen-bond donors (Lipinski definition) is 1. The van der Waals surface area contributed by atoms with E-state index in [1.54, 1.807) is 42.5 Å². The van der Waals surface area contributed by atoms with Crippen molar-refractivity contribution in [1.82, 2.24) is 0 Å². The van der Waals surface area contributed by atoms with Crippen molar-refractivity contribution in [2.75, 3.05) is 4.90 Å². The maximum absolute atomic E-state index is 13.1. The molecular formula is C24H17BrClNO3. The minimum absolute atomic E-state index is 0.0490. The summed E-state index contributed by atoms with van der Waals surface area (Å²) in [6, 6.07) is 20.5. The van der Waals surface area contributed by atoms with Crippen molar-refractivity contribution in [3.8, 4) is 0 Å². The van der Waals surface area contributed by atoms with E-state index in [0.717, 1.165) is 10.0 Å². The summed E-state index contributed by atoms with van der Waals surface area (Å²) in [5.74, 6) is -1.65. The Kier molecular flexibility index (Phi) is 5.50. The number of aryl methyl sites for hydroxylation is 1. The summed E-state index contributed by atoms with van der Waals surface area (Å²) in [6.45, 7) is 1.89. The molecule has 0 radical (unpaired) electrons. The zero-order chi connectivity index (χ0) is 21.4. The molecule has 0 spiro atoms. The van der Waals surface area contributed by atoms with E-state index in [0.29, 0.717) is 21.8 Å². The number of benzene rings is 3. The van der Waals surface area contributed by atoms with Gasteiger partial charge in [-0.25, -0.2) is 0 Å². The Morgan fingerprint density at radius 3 is 2.40 bits per heavy atom. The Morgan fingerprint density at radius 1 is 1.00 bits per heavy atom. The van der Waals surface area contributed by atoms with Crippen LogP contribution >= 0.6 is 27.5 Å². The highest BCUT2D eigenvalue weighted by Crippen LogP contribution is 2.42. The minimum Gasteiger partial charge on any atom is -0.507 e. The molecule has 1 heterocycles. The molecule has 1 atom stereocenters. The number of ketones is 1. The molecule has 1 N–H and O–H groups in total. The first-order valence-corrected chi connectivity index (χ1v) is 10.4. The van der Waals surface area contributed by atoms with Gasteiger partial charge >= 0.3 is 0 Å². The molecule has 1 unspecified atom stereocenters. The molecule has 0 bridgehead atoms. The Balaban J connectivity index is 1.95. The number of carbonyl (C=O) groups excluding carboxylic acids is 2. The van der Waals surface area contributed by atoms with E-state index in [2.05, 4.69) is 15.9 Å². The van der Waals surface area contributed by atoms with E-state index in [1.807, 2.05) is 37.3 Å². The van der Waals surface area contributed by atoms with Crippen molar-refractivity contribution in [1.29, 1.82) is 0 Å². The van der Waals surface area contributed by atoms with Crippen molar-refractivity contribution in [3.05, 3.63) is 105 Å². The van der Waals surface area contributed by atoms with Gasteiger partial charge in [0.2, 0.25) is 0 Å². The lowest BCUT2D eigenvalue weighted by atomic mass is 9.95. The summed E-state index contributed by atoms with van der Waals surface area (Å²) < 4.78 is 0.887. The standard InChI is InChI=1S/C24H17BrClNO3/c1-14-12-16(10-11-19(14)25)22(28)20-21(15-6-3-2-4-7-15)27(24(30)23(20)29)18-9-5-8-17(26)13-18/h2-13,21,28H,1H3/b22-20+. The summed E-state index contributed by atoms with van der Waals surface area (Å²) >= 11 is 9.58. The lowest BCUT2D eigenvalue weighted by molar-refractivity contribution is -0.132. The average Bonchev–Trinajstić information content (AvgIpc) is 3.01. The highest BCUT2D eigenvalue weighted by atomic mass is 79.9. The molecule has 3 aromatic carbocycles. The van der Waals surface area contributed by atoms with Gasteiger partial charge < -0.3 is 5.11 Å². The van der Waals surface area contributed by atoms with Gasteiger partial charge in [0.25, 0.3) is 11.7 Å². The largest absolute Gasteiger partial charge is 0.507 e. The number of aliphatic hydroxyl groups is 1. The van der Waals surface area contributed by atoms with E-state index in [4.69, 9.17) is 11.6 Å². The van der Waals surface area contributed by atoms with E-state index >= 15 is 0 Å². The molecule has 6 heteroatoms. The van der Waals surface area contributed by atoms with Crippen LogP contribution in [0.15, 0.2) is 82.8 Å². The van der Waals surface area contributed by atoms with Gasteiger partial charge in [-0.15, -0.1) is 0 Å². The Labute approximate surface area is 187 Å². The number of nitrogens with zero attached hydrogens (tertiary/aromatic N) is 1. The molecule has 1 amide bonds. The molecule has 1 aliphatic rings. The first-order chi connectivity index (χ1) is 14.4. The zero-order valence-corrected chi connectivity index (χ0v) is 18.3. The van der Waals surface area contributed by atoms with Crippen molar-refractivity contribution in [2.45, 2.75) is 13.0 Å². The fourth-order valence-corrected chi connectivity index (χ4v) is 4.05. The molecule has 4 nitrogen and oxygen atoms in total. The van der Waals surface area contributed by atoms with Crippen LogP contribution in [0.4, 0.5) is 5.69 Å². The molecule has 3 aromatic rings. The second-order valence-electron chi connectivity index (χ2n) is 7.02. The van der Waals surface area contributed by atoms with E-state index in [-0.39, 0.29) is 11.3 Å². The molecule has 4 rings (SSSR count). The summed E-state index contributed by atoms with van der Waals surface area (Å²) in [4.78, 5) is 27.5. The summed E-state index contributed by atoms with van der Waals surface area (Å²) in [5, 5.41) is 11.6. The van der Waals surface area contributed by atoms with Gasteiger partial charge in [-0.05, 0) is 48.4 Å². The van der Waals surface area contributed by atoms with Gasteiger partial charge in [0.05, 0.1) is 11.6 Å². The van der Waals surface area contributed by atoms with Crippen molar-refractivity contribution in [2.24, 2.45) is 0 Å². The van der Waals surface area contributed by atoms with Gasteiger partial charge in [-0.2, -0.15) is 0 Å². The third-order valence-corrected chi connectivity index (χ3v) is 6.20. The molecule has 0 aliphatic carbocycles. The maximum atomic E-state index is 13.1.